The lowest BCUT2D eigenvalue weighted by Gasteiger charge is -2.44. The fraction of sp³-hybridized carbons (Fsp3) is 0.350. The number of alkyl carbamates (subject to hydrolysis) is 1. The molecule has 1 aromatic rings. The molecule has 2 amide bonds. The standard InChI is InChI=1S/C20H24N2O5/c1-5-9-16-17(18(23)22(16)27-19(24)14(4)13(2)3)21-20(25)26-12-15-10-7-6-8-11-15/h5-8,10-11,16-17H,1,9,12H2,2-4H3,(H,21,25)/t16-,17-/m1/s1. The van der Waals surface area contributed by atoms with E-state index in [2.05, 4.69) is 11.9 Å². The molecule has 1 aromatic carbocycles. The van der Waals surface area contributed by atoms with Gasteiger partial charge in [-0.3, -0.25) is 4.79 Å². The zero-order valence-electron chi connectivity index (χ0n) is 15.7. The van der Waals surface area contributed by atoms with Gasteiger partial charge in [0.1, 0.15) is 18.7 Å². The maximum Gasteiger partial charge on any atom is 0.408 e. The van der Waals surface area contributed by atoms with Crippen LogP contribution in [-0.2, 0) is 25.8 Å². The number of benzene rings is 1. The molecule has 27 heavy (non-hydrogen) atoms. The minimum absolute atomic E-state index is 0.0954. The number of β-lactam (4-membered cyclic amide) rings is 1. The molecule has 2 rings (SSSR count). The molecular weight excluding hydrogens is 348 g/mol. The lowest BCUT2D eigenvalue weighted by molar-refractivity contribution is -0.228. The highest BCUT2D eigenvalue weighted by molar-refractivity contribution is 5.94. The molecule has 7 nitrogen and oxygen atoms in total. The van der Waals surface area contributed by atoms with Crippen molar-refractivity contribution in [3.63, 3.8) is 0 Å². The fourth-order valence-corrected chi connectivity index (χ4v) is 2.45. The van der Waals surface area contributed by atoms with Crippen LogP contribution in [0, 0.1) is 0 Å². The molecule has 0 aliphatic carbocycles. The highest BCUT2D eigenvalue weighted by Crippen LogP contribution is 2.25. The molecule has 144 valence electrons. The SMILES string of the molecule is C=CC[C@@H]1[C@@H](NC(=O)OCc2ccccc2)C(=O)N1OC(=O)C(C)=C(C)C. The lowest BCUT2D eigenvalue weighted by Crippen LogP contribution is -2.70. The number of amides is 2. The van der Waals surface area contributed by atoms with Crippen LogP contribution in [0.3, 0.4) is 0 Å². The van der Waals surface area contributed by atoms with Crippen LogP contribution in [0.25, 0.3) is 0 Å². The molecule has 1 heterocycles. The summed E-state index contributed by atoms with van der Waals surface area (Å²) < 4.78 is 5.13. The maximum absolute atomic E-state index is 12.3. The van der Waals surface area contributed by atoms with Crippen LogP contribution in [0.2, 0.25) is 0 Å². The number of hydroxylamine groups is 2. The third-order valence-electron chi connectivity index (χ3n) is 4.30. The van der Waals surface area contributed by atoms with Crippen LogP contribution in [-0.4, -0.2) is 35.1 Å². The Morgan fingerprint density at radius 1 is 1.22 bits per heavy atom. The van der Waals surface area contributed by atoms with Crippen LogP contribution < -0.4 is 5.32 Å². The molecule has 0 unspecified atom stereocenters. The Balaban J connectivity index is 1.94. The van der Waals surface area contributed by atoms with E-state index in [1.807, 2.05) is 30.3 Å². The summed E-state index contributed by atoms with van der Waals surface area (Å²) >= 11 is 0. The summed E-state index contributed by atoms with van der Waals surface area (Å²) in [6.07, 6.45) is 1.24. The topological polar surface area (TPSA) is 84.9 Å². The second-order valence-electron chi connectivity index (χ2n) is 6.44. The van der Waals surface area contributed by atoms with E-state index >= 15 is 0 Å². The zero-order valence-corrected chi connectivity index (χ0v) is 15.7. The summed E-state index contributed by atoms with van der Waals surface area (Å²) in [4.78, 5) is 41.5. The van der Waals surface area contributed by atoms with Crippen LogP contribution in [0.4, 0.5) is 4.79 Å². The number of carbonyl (C=O) groups excluding carboxylic acids is 3. The largest absolute Gasteiger partial charge is 0.445 e. The summed E-state index contributed by atoms with van der Waals surface area (Å²) in [5.41, 5.74) is 2.06. The molecule has 1 N–H and O–H groups in total. The minimum atomic E-state index is -0.828. The molecule has 2 atom stereocenters. The van der Waals surface area contributed by atoms with Gasteiger partial charge in [-0.05, 0) is 32.8 Å². The smallest absolute Gasteiger partial charge is 0.408 e. The van der Waals surface area contributed by atoms with Gasteiger partial charge in [0.15, 0.2) is 0 Å². The Bertz CT molecular complexity index is 753. The van der Waals surface area contributed by atoms with Crippen LogP contribution in [0.1, 0.15) is 32.8 Å². The van der Waals surface area contributed by atoms with E-state index in [4.69, 9.17) is 9.57 Å². The molecule has 0 saturated carbocycles. The Kier molecular flexibility index (Phi) is 6.76. The first-order valence-electron chi connectivity index (χ1n) is 8.62. The quantitative estimate of drug-likeness (QED) is 0.452. The van der Waals surface area contributed by atoms with Gasteiger partial charge in [0.2, 0.25) is 0 Å². The van der Waals surface area contributed by atoms with Crippen molar-refractivity contribution in [2.75, 3.05) is 0 Å². The first-order chi connectivity index (χ1) is 12.8. The molecule has 1 fully saturated rings. The van der Waals surface area contributed by atoms with Crippen molar-refractivity contribution in [3.8, 4) is 0 Å². The highest BCUT2D eigenvalue weighted by Gasteiger charge is 2.50. The van der Waals surface area contributed by atoms with Crippen LogP contribution in [0.5, 0.6) is 0 Å². The fourth-order valence-electron chi connectivity index (χ4n) is 2.45. The Morgan fingerprint density at radius 2 is 1.89 bits per heavy atom. The van der Waals surface area contributed by atoms with Crippen LogP contribution in [0.15, 0.2) is 54.1 Å². The predicted molar refractivity (Wildman–Crippen MR) is 99.1 cm³/mol. The van der Waals surface area contributed by atoms with Crippen LogP contribution >= 0.6 is 0 Å². The number of hydrogen-bond acceptors (Lipinski definition) is 5. The molecule has 7 heteroatoms. The first kappa shape index (κ1) is 20.2. The summed E-state index contributed by atoms with van der Waals surface area (Å²) in [5.74, 6) is -1.10. The Labute approximate surface area is 158 Å². The predicted octanol–water partition coefficient (Wildman–Crippen LogP) is 2.88. The summed E-state index contributed by atoms with van der Waals surface area (Å²) in [6.45, 7) is 8.93. The maximum atomic E-state index is 12.3. The molecular formula is C20H24N2O5. The molecule has 0 spiro atoms. The molecule has 0 aromatic heterocycles. The van der Waals surface area contributed by atoms with E-state index in [1.54, 1.807) is 26.8 Å². The summed E-state index contributed by atoms with van der Waals surface area (Å²) in [7, 11) is 0. The molecule has 1 aliphatic rings. The van der Waals surface area contributed by atoms with Gasteiger partial charge in [0.25, 0.3) is 5.91 Å². The van der Waals surface area contributed by atoms with Crippen molar-refractivity contribution in [1.82, 2.24) is 10.4 Å². The number of nitrogens with one attached hydrogen (secondary N) is 1. The zero-order chi connectivity index (χ0) is 20.0. The van der Waals surface area contributed by atoms with E-state index in [0.29, 0.717) is 12.0 Å². The van der Waals surface area contributed by atoms with Gasteiger partial charge < -0.3 is 14.9 Å². The third kappa shape index (κ3) is 4.97. The van der Waals surface area contributed by atoms with Crippen molar-refractivity contribution in [1.29, 1.82) is 0 Å². The number of allylic oxidation sites excluding steroid dienone is 1. The minimum Gasteiger partial charge on any atom is -0.445 e. The lowest BCUT2D eigenvalue weighted by atomic mass is 9.95. The average Bonchev–Trinajstić information content (AvgIpc) is 2.67. The van der Waals surface area contributed by atoms with Crippen molar-refractivity contribution < 1.29 is 24.0 Å². The van der Waals surface area contributed by atoms with Crippen molar-refractivity contribution >= 4 is 18.0 Å². The first-order valence-corrected chi connectivity index (χ1v) is 8.62. The number of nitrogens with zero attached hydrogens (tertiary/aromatic N) is 1. The van der Waals surface area contributed by atoms with Gasteiger partial charge in [-0.25, -0.2) is 9.59 Å². The normalized spacial score (nSPS) is 18.2. The van der Waals surface area contributed by atoms with E-state index in [0.717, 1.165) is 16.2 Å². The van der Waals surface area contributed by atoms with E-state index in [9.17, 15) is 14.4 Å². The van der Waals surface area contributed by atoms with Gasteiger partial charge >= 0.3 is 12.1 Å². The van der Waals surface area contributed by atoms with Crippen molar-refractivity contribution in [2.45, 2.75) is 45.9 Å². The average molecular weight is 372 g/mol. The molecule has 0 bridgehead atoms. The van der Waals surface area contributed by atoms with Gasteiger partial charge in [0.05, 0.1) is 0 Å². The van der Waals surface area contributed by atoms with Gasteiger partial charge in [-0.15, -0.1) is 6.58 Å². The van der Waals surface area contributed by atoms with Gasteiger partial charge in [-0.1, -0.05) is 42.0 Å². The monoisotopic (exact) mass is 372 g/mol. The number of carbonyl (C=O) groups is 3. The van der Waals surface area contributed by atoms with Crippen molar-refractivity contribution in [2.24, 2.45) is 0 Å². The second kappa shape index (κ2) is 9.02. The molecule has 1 saturated heterocycles. The number of ether oxygens (including phenoxy) is 1. The van der Waals surface area contributed by atoms with Gasteiger partial charge in [0, 0.05) is 5.57 Å². The molecule has 1 aliphatic heterocycles. The van der Waals surface area contributed by atoms with E-state index < -0.39 is 30.1 Å². The number of hydrogen-bond donors (Lipinski definition) is 1. The molecule has 0 radical (unpaired) electrons. The van der Waals surface area contributed by atoms with Crippen molar-refractivity contribution in [3.05, 3.63) is 59.7 Å². The number of rotatable bonds is 7. The summed E-state index contributed by atoms with van der Waals surface area (Å²) in [5, 5.41) is 3.51. The van der Waals surface area contributed by atoms with E-state index in [1.165, 1.54) is 0 Å². The highest BCUT2D eigenvalue weighted by atomic mass is 16.7. The summed E-state index contributed by atoms with van der Waals surface area (Å²) in [6, 6.07) is 7.85. The Morgan fingerprint density at radius 3 is 2.48 bits per heavy atom. The van der Waals surface area contributed by atoms with E-state index in [-0.39, 0.29) is 6.61 Å². The third-order valence-corrected chi connectivity index (χ3v) is 4.30. The Hall–Kier alpha value is -3.09. The second-order valence-corrected chi connectivity index (χ2v) is 6.44. The van der Waals surface area contributed by atoms with Gasteiger partial charge in [-0.2, -0.15) is 5.06 Å².